The first-order valence-corrected chi connectivity index (χ1v) is 18.8. The average Bonchev–Trinajstić information content (AvgIpc) is 3.85. The lowest BCUT2D eigenvalue weighted by molar-refractivity contribution is -0.129. The normalized spacial score (nSPS) is 21.7. The van der Waals surface area contributed by atoms with Gasteiger partial charge in [0.15, 0.2) is 0 Å². The number of aromatic nitrogens is 5. The molecule has 0 spiro atoms. The second-order valence-electron chi connectivity index (χ2n) is 14.3. The molecule has 6 aromatic rings. The van der Waals surface area contributed by atoms with Crippen molar-refractivity contribution in [2.75, 3.05) is 19.1 Å². The van der Waals surface area contributed by atoms with Gasteiger partial charge < -0.3 is 14.6 Å². The van der Waals surface area contributed by atoms with Gasteiger partial charge in [-0.05, 0) is 67.1 Å². The van der Waals surface area contributed by atoms with Crippen LogP contribution < -0.4 is 25.8 Å². The van der Waals surface area contributed by atoms with E-state index in [1.807, 2.05) is 31.2 Å². The highest BCUT2D eigenvalue weighted by molar-refractivity contribution is 7.22. The van der Waals surface area contributed by atoms with E-state index >= 15 is 4.79 Å². The minimum absolute atomic E-state index is 0.0381. The number of halogens is 1. The van der Waals surface area contributed by atoms with Crippen LogP contribution in [0.4, 0.5) is 5.82 Å². The van der Waals surface area contributed by atoms with Crippen molar-refractivity contribution in [2.24, 2.45) is 18.4 Å². The molecule has 1 N–H and O–H groups in total. The molecule has 5 heterocycles. The molecule has 1 saturated carbocycles. The van der Waals surface area contributed by atoms with E-state index in [1.54, 1.807) is 61.7 Å². The molecule has 1 saturated heterocycles. The second kappa shape index (κ2) is 12.3. The Morgan fingerprint density at radius 2 is 1.67 bits per heavy atom. The van der Waals surface area contributed by atoms with Crippen LogP contribution in [-0.4, -0.2) is 54.9 Å². The van der Waals surface area contributed by atoms with Crippen LogP contribution in [0.1, 0.15) is 36.4 Å². The summed E-state index contributed by atoms with van der Waals surface area (Å²) in [5.41, 5.74) is 0.562. The third-order valence-corrected chi connectivity index (χ3v) is 13.1. The van der Waals surface area contributed by atoms with Crippen molar-refractivity contribution in [1.29, 1.82) is 0 Å². The Balaban J connectivity index is 1.23. The van der Waals surface area contributed by atoms with Crippen LogP contribution in [-0.2, 0) is 23.2 Å². The fraction of sp³-hybridized carbons (Fsp3) is 0.275. The van der Waals surface area contributed by atoms with Crippen molar-refractivity contribution in [3.63, 3.8) is 0 Å². The number of amides is 2. The van der Waals surface area contributed by atoms with Gasteiger partial charge >= 0.3 is 11.4 Å². The maximum atomic E-state index is 15.3. The number of carbonyl (C=O) groups excluding carboxylic acids is 2. The van der Waals surface area contributed by atoms with Crippen molar-refractivity contribution < 1.29 is 24.2 Å². The Morgan fingerprint density at radius 3 is 2.36 bits per heavy atom. The molecule has 3 aliphatic rings. The zero-order valence-corrected chi connectivity index (χ0v) is 32.0. The Morgan fingerprint density at radius 1 is 0.964 bits per heavy atom. The molecule has 13 nitrogen and oxygen atoms in total. The SMILES string of the molecule is COc1cc(O)cc(OC)c1[C@H]1C2=CCn3c(=O)n(-c4ccccc4)c(=O)n3[C@@H]2C[C@H]2C(=O)N(c3cc(-c4sc5ccc(Cl)cc5c4C)nn3C)C(=O)[C@@]12C. The first-order valence-electron chi connectivity index (χ1n) is 17.6. The number of methoxy groups -OCH3 is 2. The van der Waals surface area contributed by atoms with Crippen LogP contribution >= 0.6 is 22.9 Å². The minimum atomic E-state index is -1.43. The summed E-state index contributed by atoms with van der Waals surface area (Å²) in [6.07, 6.45) is 1.92. The zero-order chi connectivity index (χ0) is 38.7. The Kier molecular flexibility index (Phi) is 7.82. The molecule has 4 atom stereocenters. The zero-order valence-electron chi connectivity index (χ0n) is 30.4. The number of hydrogen-bond acceptors (Lipinski definition) is 9. The number of phenols is 1. The number of nitrogens with zero attached hydrogens (tertiary/aromatic N) is 6. The van der Waals surface area contributed by atoms with Gasteiger partial charge in [-0.2, -0.15) is 5.10 Å². The van der Waals surface area contributed by atoms with Crippen LogP contribution in [0.3, 0.4) is 0 Å². The summed E-state index contributed by atoms with van der Waals surface area (Å²) in [6, 6.07) is 18.2. The number of hydrogen-bond donors (Lipinski definition) is 1. The maximum absolute atomic E-state index is 15.3. The molecule has 0 radical (unpaired) electrons. The summed E-state index contributed by atoms with van der Waals surface area (Å²) < 4.78 is 18.1. The molecule has 0 unspecified atom stereocenters. The molecule has 55 heavy (non-hydrogen) atoms. The molecule has 1 aliphatic carbocycles. The molecule has 15 heteroatoms. The largest absolute Gasteiger partial charge is 0.508 e. The van der Waals surface area contributed by atoms with Crippen molar-refractivity contribution in [3.8, 4) is 33.5 Å². The molecule has 3 aromatic carbocycles. The number of para-hydroxylation sites is 1. The summed E-state index contributed by atoms with van der Waals surface area (Å²) >= 11 is 7.87. The first-order chi connectivity index (χ1) is 26.4. The van der Waals surface area contributed by atoms with Crippen LogP contribution in [0.5, 0.6) is 17.2 Å². The van der Waals surface area contributed by atoms with Gasteiger partial charge in [-0.15, -0.1) is 11.3 Å². The molecule has 2 amide bonds. The van der Waals surface area contributed by atoms with E-state index in [0.717, 1.165) is 25.1 Å². The van der Waals surface area contributed by atoms with E-state index in [2.05, 4.69) is 0 Å². The number of benzene rings is 3. The number of fused-ring (bicyclic) bond motifs is 5. The van der Waals surface area contributed by atoms with Crippen molar-refractivity contribution in [3.05, 3.63) is 115 Å². The van der Waals surface area contributed by atoms with Gasteiger partial charge in [0.05, 0.1) is 48.7 Å². The number of aryl methyl sites for hydroxylation is 2. The fourth-order valence-electron chi connectivity index (χ4n) is 9.03. The number of phenolic OH excluding ortho intramolecular Hbond substituents is 1. The molecule has 280 valence electrons. The lowest BCUT2D eigenvalue weighted by Crippen LogP contribution is -2.49. The second-order valence-corrected chi connectivity index (χ2v) is 15.8. The third kappa shape index (κ3) is 4.80. The van der Waals surface area contributed by atoms with Gasteiger partial charge in [0.1, 0.15) is 28.8 Å². The molecule has 3 aromatic heterocycles. The van der Waals surface area contributed by atoms with Gasteiger partial charge in [-0.1, -0.05) is 35.9 Å². The summed E-state index contributed by atoms with van der Waals surface area (Å²) in [5, 5.41) is 17.1. The number of imide groups is 1. The fourth-order valence-corrected chi connectivity index (χ4v) is 10.3. The lowest BCUT2D eigenvalue weighted by atomic mass is 9.56. The highest BCUT2D eigenvalue weighted by atomic mass is 35.5. The standard InChI is InChI=1S/C40H35ClN6O7S/c1-20-25-15-21(41)11-12-31(25)55-35(20)27-19-32(43(3)42-27)46-36(49)26-18-28-24(13-14-44-38(51)45(39(52)47(28)44)22-9-7-6-8-10-22)34(40(26,2)37(46)50)33-29(53-4)16-23(48)17-30(33)54-5/h6-13,15-17,19,26,28,34,48H,14,18H2,1-5H3/t26-,28+,34+,40+/m0/s1. The highest BCUT2D eigenvalue weighted by Crippen LogP contribution is 2.64. The molecular formula is C40H35ClN6O7S. The number of carbonyl (C=O) groups is 2. The van der Waals surface area contributed by atoms with Gasteiger partial charge in [0.25, 0.3) is 0 Å². The van der Waals surface area contributed by atoms with Gasteiger partial charge in [0.2, 0.25) is 11.8 Å². The number of ether oxygens (including phenoxy) is 2. The maximum Gasteiger partial charge on any atom is 0.352 e. The smallest absolute Gasteiger partial charge is 0.352 e. The highest BCUT2D eigenvalue weighted by Gasteiger charge is 2.66. The monoisotopic (exact) mass is 778 g/mol. The predicted octanol–water partition coefficient (Wildman–Crippen LogP) is 5.97. The summed E-state index contributed by atoms with van der Waals surface area (Å²) in [6.45, 7) is 3.80. The van der Waals surface area contributed by atoms with E-state index in [0.29, 0.717) is 33.4 Å². The van der Waals surface area contributed by atoms with Crippen LogP contribution in [0, 0.1) is 18.3 Å². The number of aromatic hydroxyl groups is 1. The molecule has 9 rings (SSSR count). The molecule has 2 fully saturated rings. The van der Waals surface area contributed by atoms with Gasteiger partial charge in [-0.3, -0.25) is 14.3 Å². The number of rotatable bonds is 6. The Hall–Kier alpha value is -5.86. The van der Waals surface area contributed by atoms with E-state index in [9.17, 15) is 19.5 Å². The number of allylic oxidation sites excluding steroid dienone is 2. The topological polar surface area (TPSA) is 143 Å². The van der Waals surface area contributed by atoms with Crippen molar-refractivity contribution in [1.82, 2.24) is 23.7 Å². The Bertz CT molecular complexity index is 2750. The number of thiophene rings is 1. The van der Waals surface area contributed by atoms with E-state index < -0.39 is 46.5 Å². The summed E-state index contributed by atoms with van der Waals surface area (Å²) in [5.74, 6) is -2.12. The quantitative estimate of drug-likeness (QED) is 0.161. The lowest BCUT2D eigenvalue weighted by Gasteiger charge is -2.47. The number of anilines is 1. The van der Waals surface area contributed by atoms with Crippen LogP contribution in [0.15, 0.2) is 88.0 Å². The van der Waals surface area contributed by atoms with E-state index in [1.165, 1.54) is 45.3 Å². The van der Waals surface area contributed by atoms with Crippen LogP contribution in [0.25, 0.3) is 26.3 Å². The minimum Gasteiger partial charge on any atom is -0.508 e. The summed E-state index contributed by atoms with van der Waals surface area (Å²) in [4.78, 5) is 60.5. The average molecular weight is 779 g/mol. The predicted molar refractivity (Wildman–Crippen MR) is 208 cm³/mol. The molecule has 2 aliphatic heterocycles. The van der Waals surface area contributed by atoms with E-state index in [4.69, 9.17) is 26.2 Å². The van der Waals surface area contributed by atoms with Gasteiger partial charge in [0, 0.05) is 46.5 Å². The van der Waals surface area contributed by atoms with E-state index in [-0.39, 0.29) is 30.2 Å². The first kappa shape index (κ1) is 34.9. The van der Waals surface area contributed by atoms with Gasteiger partial charge in [-0.25, -0.2) is 28.4 Å². The molecular weight excluding hydrogens is 744 g/mol. The van der Waals surface area contributed by atoms with Crippen LogP contribution in [0.2, 0.25) is 5.02 Å². The Labute approximate surface area is 322 Å². The summed E-state index contributed by atoms with van der Waals surface area (Å²) in [7, 11) is 4.59. The van der Waals surface area contributed by atoms with Crippen molar-refractivity contribution >= 4 is 50.7 Å². The molecule has 0 bridgehead atoms. The third-order valence-electron chi connectivity index (χ3n) is 11.6. The van der Waals surface area contributed by atoms with Crippen molar-refractivity contribution in [2.45, 2.75) is 38.8 Å².